The summed E-state index contributed by atoms with van der Waals surface area (Å²) in [5.41, 5.74) is 0.818. The number of thiazole rings is 1. The molecule has 7 nitrogen and oxygen atoms in total. The van der Waals surface area contributed by atoms with E-state index < -0.39 is 5.91 Å². The molecule has 1 N–H and O–H groups in total. The maximum atomic E-state index is 12.0. The monoisotopic (exact) mass is 354 g/mol. The second-order valence-corrected chi connectivity index (χ2v) is 6.58. The molecule has 0 saturated carbocycles. The van der Waals surface area contributed by atoms with Crippen molar-refractivity contribution in [3.05, 3.63) is 22.5 Å². The van der Waals surface area contributed by atoms with Crippen LogP contribution in [0.5, 0.6) is 0 Å². The summed E-state index contributed by atoms with van der Waals surface area (Å²) in [6.07, 6.45) is 1.29. The first kappa shape index (κ1) is 15.8. The van der Waals surface area contributed by atoms with E-state index in [-0.39, 0.29) is 11.7 Å². The van der Waals surface area contributed by atoms with Crippen molar-refractivity contribution in [1.82, 2.24) is 4.98 Å². The van der Waals surface area contributed by atoms with Gasteiger partial charge < -0.3 is 14.2 Å². The molecule has 0 atom stereocenters. The van der Waals surface area contributed by atoms with Gasteiger partial charge in [0.1, 0.15) is 29.2 Å². The second kappa shape index (κ2) is 6.55. The first-order chi connectivity index (χ1) is 11.1. The molecule has 9 heteroatoms. The standard InChI is InChI=1S/C14H14N2O5S2/c1-3-20-13(18)10-7(2)9-12(22-10)16-14(23-9)15-11(17)8-6-19-4-5-21-8/h6H,3-5H2,1-2H3,(H,15,16,17). The van der Waals surface area contributed by atoms with Crippen molar-refractivity contribution in [2.45, 2.75) is 13.8 Å². The quantitative estimate of drug-likeness (QED) is 0.850. The second-order valence-electron chi connectivity index (χ2n) is 4.59. The Morgan fingerprint density at radius 1 is 1.39 bits per heavy atom. The van der Waals surface area contributed by atoms with Crippen molar-refractivity contribution < 1.29 is 23.8 Å². The van der Waals surface area contributed by atoms with Gasteiger partial charge in [-0.15, -0.1) is 11.3 Å². The minimum Gasteiger partial charge on any atom is -0.494 e. The van der Waals surface area contributed by atoms with Crippen LogP contribution in [-0.2, 0) is 19.0 Å². The van der Waals surface area contributed by atoms with Gasteiger partial charge in [-0.05, 0) is 19.4 Å². The van der Waals surface area contributed by atoms with Crippen LogP contribution in [0.1, 0.15) is 22.2 Å². The summed E-state index contributed by atoms with van der Waals surface area (Å²) < 4.78 is 16.2. The van der Waals surface area contributed by atoms with Gasteiger partial charge in [-0.1, -0.05) is 11.3 Å². The van der Waals surface area contributed by atoms with Gasteiger partial charge in [0.25, 0.3) is 5.91 Å². The number of amides is 1. The number of nitrogens with zero attached hydrogens (tertiary/aromatic N) is 1. The molecule has 0 bridgehead atoms. The number of rotatable bonds is 4. The Hall–Kier alpha value is -2.13. The van der Waals surface area contributed by atoms with E-state index in [9.17, 15) is 9.59 Å². The molecule has 0 aromatic carbocycles. The smallest absolute Gasteiger partial charge is 0.348 e. The van der Waals surface area contributed by atoms with Crippen LogP contribution in [0, 0.1) is 6.92 Å². The number of aromatic nitrogens is 1. The molecule has 23 heavy (non-hydrogen) atoms. The number of ether oxygens (including phenoxy) is 3. The lowest BCUT2D eigenvalue weighted by atomic mass is 10.3. The Morgan fingerprint density at radius 2 is 2.22 bits per heavy atom. The van der Waals surface area contributed by atoms with Crippen LogP contribution in [0.25, 0.3) is 9.53 Å². The Morgan fingerprint density at radius 3 is 2.87 bits per heavy atom. The number of nitrogens with one attached hydrogen (secondary N) is 1. The molecule has 1 aliphatic heterocycles. The lowest BCUT2D eigenvalue weighted by molar-refractivity contribution is -0.117. The van der Waals surface area contributed by atoms with E-state index in [2.05, 4.69) is 10.3 Å². The van der Waals surface area contributed by atoms with Crippen LogP contribution < -0.4 is 5.32 Å². The van der Waals surface area contributed by atoms with Crippen LogP contribution in [0.3, 0.4) is 0 Å². The topological polar surface area (TPSA) is 86.8 Å². The number of esters is 1. The Bertz CT molecular complexity index is 793. The van der Waals surface area contributed by atoms with E-state index in [0.29, 0.717) is 34.7 Å². The van der Waals surface area contributed by atoms with Crippen LogP contribution in [-0.4, -0.2) is 36.7 Å². The van der Waals surface area contributed by atoms with Crippen LogP contribution in [0.15, 0.2) is 12.0 Å². The van der Waals surface area contributed by atoms with E-state index in [1.54, 1.807) is 6.92 Å². The summed E-state index contributed by atoms with van der Waals surface area (Å²) in [4.78, 5) is 29.5. The van der Waals surface area contributed by atoms with Gasteiger partial charge in [0.05, 0.1) is 11.3 Å². The maximum Gasteiger partial charge on any atom is 0.348 e. The zero-order valence-electron chi connectivity index (χ0n) is 12.5. The van der Waals surface area contributed by atoms with E-state index in [1.807, 2.05) is 6.92 Å². The van der Waals surface area contributed by atoms with Gasteiger partial charge in [-0.2, -0.15) is 0 Å². The SMILES string of the molecule is CCOC(=O)c1sc2nc(NC(=O)C3=COCCO3)sc2c1C. The highest BCUT2D eigenvalue weighted by Crippen LogP contribution is 2.37. The summed E-state index contributed by atoms with van der Waals surface area (Å²) in [6, 6.07) is 0. The van der Waals surface area contributed by atoms with Crippen molar-refractivity contribution in [2.24, 2.45) is 0 Å². The van der Waals surface area contributed by atoms with E-state index in [4.69, 9.17) is 14.2 Å². The molecule has 0 saturated heterocycles. The minimum absolute atomic E-state index is 0.124. The average molecular weight is 354 g/mol. The average Bonchev–Trinajstić information content (AvgIpc) is 3.07. The number of aryl methyl sites for hydroxylation is 1. The highest BCUT2D eigenvalue weighted by atomic mass is 32.1. The fourth-order valence-corrected chi connectivity index (χ4v) is 4.19. The predicted octanol–water partition coefficient (Wildman–Crippen LogP) is 2.67. The molecule has 3 rings (SSSR count). The molecule has 0 spiro atoms. The molecular formula is C14H14N2O5S2. The van der Waals surface area contributed by atoms with Crippen LogP contribution in [0.4, 0.5) is 5.13 Å². The molecule has 0 fully saturated rings. The lowest BCUT2D eigenvalue weighted by Gasteiger charge is -2.14. The molecule has 0 unspecified atom stereocenters. The number of carbonyl (C=O) groups excluding carboxylic acids is 2. The van der Waals surface area contributed by atoms with Crippen molar-refractivity contribution in [3.8, 4) is 0 Å². The first-order valence-corrected chi connectivity index (χ1v) is 8.56. The number of thiophene rings is 1. The van der Waals surface area contributed by atoms with Gasteiger partial charge in [0, 0.05) is 0 Å². The number of carbonyl (C=O) groups is 2. The summed E-state index contributed by atoms with van der Waals surface area (Å²) in [6.45, 7) is 4.71. The zero-order valence-corrected chi connectivity index (χ0v) is 14.1. The van der Waals surface area contributed by atoms with Crippen molar-refractivity contribution in [2.75, 3.05) is 25.1 Å². The van der Waals surface area contributed by atoms with E-state index in [1.165, 1.54) is 28.9 Å². The molecule has 122 valence electrons. The molecule has 2 aromatic rings. The normalized spacial score (nSPS) is 13.9. The van der Waals surface area contributed by atoms with Crippen molar-refractivity contribution >= 4 is 49.2 Å². The molecule has 1 amide bonds. The fourth-order valence-electron chi connectivity index (χ4n) is 1.98. The van der Waals surface area contributed by atoms with E-state index in [0.717, 1.165) is 10.3 Å². The molecule has 3 heterocycles. The number of fused-ring (bicyclic) bond motifs is 1. The third-order valence-corrected chi connectivity index (χ3v) is 5.42. The Labute approximate surface area is 139 Å². The van der Waals surface area contributed by atoms with Gasteiger partial charge >= 0.3 is 5.97 Å². The Kier molecular flexibility index (Phi) is 4.49. The minimum atomic E-state index is -0.408. The highest BCUT2D eigenvalue weighted by molar-refractivity contribution is 7.30. The predicted molar refractivity (Wildman–Crippen MR) is 86.8 cm³/mol. The highest BCUT2D eigenvalue weighted by Gasteiger charge is 2.22. The molecule has 2 aromatic heterocycles. The molecule has 0 radical (unpaired) electrons. The maximum absolute atomic E-state index is 12.0. The molecule has 0 aliphatic carbocycles. The van der Waals surface area contributed by atoms with Crippen molar-refractivity contribution in [1.29, 1.82) is 0 Å². The number of hydrogen-bond donors (Lipinski definition) is 1. The van der Waals surface area contributed by atoms with Gasteiger partial charge in [0.2, 0.25) is 5.76 Å². The third kappa shape index (κ3) is 3.15. The Balaban J connectivity index is 1.80. The van der Waals surface area contributed by atoms with Crippen LogP contribution in [0.2, 0.25) is 0 Å². The van der Waals surface area contributed by atoms with Gasteiger partial charge in [0.15, 0.2) is 5.13 Å². The zero-order chi connectivity index (χ0) is 16.4. The van der Waals surface area contributed by atoms with E-state index >= 15 is 0 Å². The van der Waals surface area contributed by atoms with Gasteiger partial charge in [-0.3, -0.25) is 10.1 Å². The summed E-state index contributed by atoms with van der Waals surface area (Å²) in [5, 5.41) is 3.12. The molecular weight excluding hydrogens is 340 g/mol. The summed E-state index contributed by atoms with van der Waals surface area (Å²) in [5.74, 6) is -0.628. The van der Waals surface area contributed by atoms with Crippen molar-refractivity contribution in [3.63, 3.8) is 0 Å². The number of hydrogen-bond acceptors (Lipinski definition) is 8. The fraction of sp³-hybridized carbons (Fsp3) is 0.357. The van der Waals surface area contributed by atoms with Crippen LogP contribution >= 0.6 is 22.7 Å². The lowest BCUT2D eigenvalue weighted by Crippen LogP contribution is -2.20. The number of anilines is 1. The summed E-state index contributed by atoms with van der Waals surface area (Å²) >= 11 is 2.57. The molecule has 1 aliphatic rings. The van der Waals surface area contributed by atoms with Gasteiger partial charge in [-0.25, -0.2) is 9.78 Å². The summed E-state index contributed by atoms with van der Waals surface area (Å²) in [7, 11) is 0. The first-order valence-electron chi connectivity index (χ1n) is 6.93. The largest absolute Gasteiger partial charge is 0.494 e. The third-order valence-electron chi connectivity index (χ3n) is 3.03.